The largest absolute Gasteiger partial charge is 0.444 e. The van der Waals surface area contributed by atoms with Crippen molar-refractivity contribution in [3.63, 3.8) is 0 Å². The van der Waals surface area contributed by atoms with E-state index in [0.717, 1.165) is 71.1 Å². The number of aromatic nitrogens is 3. The van der Waals surface area contributed by atoms with Crippen LogP contribution in [0.25, 0.3) is 21.5 Å². The Balaban J connectivity index is 0.956. The first-order valence-corrected chi connectivity index (χ1v) is 14.7. The van der Waals surface area contributed by atoms with Crippen molar-refractivity contribution in [3.05, 3.63) is 69.8 Å². The lowest BCUT2D eigenvalue weighted by atomic mass is 10.0. The number of piperazine rings is 1. The van der Waals surface area contributed by atoms with E-state index in [-0.39, 0.29) is 18.6 Å². The number of aryl methyl sites for hydroxylation is 1. The summed E-state index contributed by atoms with van der Waals surface area (Å²) >= 11 is 7.54. The van der Waals surface area contributed by atoms with Crippen molar-refractivity contribution in [2.45, 2.75) is 32.4 Å². The third kappa shape index (κ3) is 5.70. The zero-order valence-corrected chi connectivity index (χ0v) is 23.9. The predicted octanol–water partition coefficient (Wildman–Crippen LogP) is 5.21. The zero-order chi connectivity index (χ0) is 27.6. The quantitative estimate of drug-likeness (QED) is 0.349. The maximum atomic E-state index is 13.1. The summed E-state index contributed by atoms with van der Waals surface area (Å²) in [6, 6.07) is 13.7. The number of benzene rings is 2. The monoisotopic (exact) mass is 578 g/mol. The molecule has 6 rings (SSSR count). The van der Waals surface area contributed by atoms with Gasteiger partial charge < -0.3 is 14.5 Å². The molecule has 2 aromatic heterocycles. The Morgan fingerprint density at radius 2 is 1.77 bits per heavy atom. The van der Waals surface area contributed by atoms with E-state index >= 15 is 0 Å². The van der Waals surface area contributed by atoms with Crippen LogP contribution in [0.2, 0.25) is 5.02 Å². The molecule has 2 amide bonds. The van der Waals surface area contributed by atoms with Crippen LogP contribution < -0.4 is 0 Å². The average molecular weight is 579 g/mol. The van der Waals surface area contributed by atoms with E-state index in [4.69, 9.17) is 16.3 Å². The molecule has 0 aliphatic carbocycles. The fraction of sp³-hybridized carbons (Fsp3) is 0.379. The number of likely N-dealkylation sites (tertiary alicyclic amines) is 1. The summed E-state index contributed by atoms with van der Waals surface area (Å²) in [6.45, 7) is 6.53. The van der Waals surface area contributed by atoms with Gasteiger partial charge in [0, 0.05) is 66.8 Å². The number of fused-ring (bicyclic) bond motifs is 1. The molecule has 2 saturated heterocycles. The maximum Gasteiger partial charge on any atom is 0.410 e. The van der Waals surface area contributed by atoms with Crippen LogP contribution in [0, 0.1) is 6.92 Å². The Kier molecular flexibility index (Phi) is 7.73. The van der Waals surface area contributed by atoms with Crippen molar-refractivity contribution in [1.82, 2.24) is 29.9 Å². The number of ether oxygens (including phenoxy) is 1. The molecule has 0 atom stereocenters. The second-order valence-electron chi connectivity index (χ2n) is 10.3. The van der Waals surface area contributed by atoms with Crippen molar-refractivity contribution in [2.75, 3.05) is 39.3 Å². The summed E-state index contributed by atoms with van der Waals surface area (Å²) in [7, 11) is 0. The number of aromatic amines is 1. The van der Waals surface area contributed by atoms with Crippen molar-refractivity contribution in [1.29, 1.82) is 0 Å². The normalized spacial score (nSPS) is 16.9. The fourth-order valence-corrected chi connectivity index (χ4v) is 6.57. The molecule has 0 saturated carbocycles. The smallest absolute Gasteiger partial charge is 0.410 e. The Morgan fingerprint density at radius 3 is 2.52 bits per heavy atom. The highest BCUT2D eigenvalue weighted by Gasteiger charge is 2.31. The van der Waals surface area contributed by atoms with Gasteiger partial charge in [-0.2, -0.15) is 5.10 Å². The second-order valence-corrected chi connectivity index (χ2v) is 11.8. The molecule has 2 aliphatic heterocycles. The summed E-state index contributed by atoms with van der Waals surface area (Å²) in [5.74, 6) is 0.0746. The number of amides is 2. The number of thiazole rings is 1. The molecule has 2 aromatic carbocycles. The minimum absolute atomic E-state index is 0.0746. The molecule has 4 heterocycles. The molecule has 0 unspecified atom stereocenters. The van der Waals surface area contributed by atoms with Crippen molar-refractivity contribution in [3.8, 4) is 10.6 Å². The van der Waals surface area contributed by atoms with Gasteiger partial charge >= 0.3 is 6.09 Å². The summed E-state index contributed by atoms with van der Waals surface area (Å²) in [4.78, 5) is 37.6. The van der Waals surface area contributed by atoms with Gasteiger partial charge in [-0.15, -0.1) is 11.3 Å². The first kappa shape index (κ1) is 26.7. The molecule has 11 heteroatoms. The minimum Gasteiger partial charge on any atom is -0.444 e. The van der Waals surface area contributed by atoms with Crippen molar-refractivity contribution in [2.24, 2.45) is 0 Å². The number of nitrogens with zero attached hydrogens (tertiary/aromatic N) is 5. The highest BCUT2D eigenvalue weighted by atomic mass is 35.5. The summed E-state index contributed by atoms with van der Waals surface area (Å²) < 4.78 is 5.67. The first-order chi connectivity index (χ1) is 19.4. The van der Waals surface area contributed by atoms with Crippen LogP contribution >= 0.6 is 22.9 Å². The zero-order valence-electron chi connectivity index (χ0n) is 22.3. The molecule has 0 spiro atoms. The maximum absolute atomic E-state index is 13.1. The van der Waals surface area contributed by atoms with Gasteiger partial charge in [0.05, 0.1) is 22.3 Å². The van der Waals surface area contributed by atoms with E-state index < -0.39 is 0 Å². The van der Waals surface area contributed by atoms with Gasteiger partial charge in [-0.25, -0.2) is 9.78 Å². The van der Waals surface area contributed by atoms with E-state index in [1.807, 2.05) is 54.3 Å². The number of halogens is 1. The SMILES string of the molecule is Cc1nc(-c2ccc(Cl)cc2)sc1COC(=O)N1CCN(C2CCN(C(=O)c3ccc4[nH]ncc4c3)CC2)CC1. The highest BCUT2D eigenvalue weighted by molar-refractivity contribution is 7.15. The van der Waals surface area contributed by atoms with Gasteiger partial charge in [0.25, 0.3) is 5.91 Å². The third-order valence-electron chi connectivity index (χ3n) is 7.84. The number of H-pyrrole nitrogens is 1. The molecule has 0 bridgehead atoms. The third-order valence-corrected chi connectivity index (χ3v) is 9.27. The fourth-order valence-electron chi connectivity index (χ4n) is 5.46. The predicted molar refractivity (Wildman–Crippen MR) is 156 cm³/mol. The van der Waals surface area contributed by atoms with Gasteiger partial charge in [-0.3, -0.25) is 14.8 Å². The lowest BCUT2D eigenvalue weighted by molar-refractivity contribution is 0.0396. The number of piperidine rings is 1. The van der Waals surface area contributed by atoms with E-state index in [0.29, 0.717) is 29.7 Å². The van der Waals surface area contributed by atoms with Gasteiger partial charge in [0.15, 0.2) is 0 Å². The molecule has 4 aromatic rings. The summed E-state index contributed by atoms with van der Waals surface area (Å²) in [5.41, 5.74) is 3.51. The lowest BCUT2D eigenvalue weighted by Gasteiger charge is -2.42. The molecular formula is C29H31ClN6O3S. The van der Waals surface area contributed by atoms with Crippen molar-refractivity contribution < 1.29 is 14.3 Å². The number of rotatable bonds is 5. The van der Waals surface area contributed by atoms with Gasteiger partial charge in [0.1, 0.15) is 11.6 Å². The molecule has 40 heavy (non-hydrogen) atoms. The molecule has 2 fully saturated rings. The molecule has 1 N–H and O–H groups in total. The number of hydrogen-bond donors (Lipinski definition) is 1. The molecule has 2 aliphatic rings. The standard InChI is InChI=1S/C29H31ClN6O3S/c1-19-26(40-27(32-19)20-2-5-23(30)6-3-20)18-39-29(38)36-14-12-34(13-15-36)24-8-10-35(11-9-24)28(37)21-4-7-25-22(16-21)17-31-33-25/h2-7,16-17,24H,8-15,18H2,1H3,(H,31,33). The Bertz CT molecular complexity index is 1500. The van der Waals surface area contributed by atoms with Crippen LogP contribution in [0.1, 0.15) is 33.8 Å². The molecule has 9 nitrogen and oxygen atoms in total. The van der Waals surface area contributed by atoms with Crippen LogP contribution in [0.5, 0.6) is 0 Å². The van der Waals surface area contributed by atoms with Gasteiger partial charge in [-0.1, -0.05) is 23.7 Å². The minimum atomic E-state index is -0.282. The number of carbonyl (C=O) groups excluding carboxylic acids is 2. The number of carbonyl (C=O) groups is 2. The second kappa shape index (κ2) is 11.6. The van der Waals surface area contributed by atoms with Crippen molar-refractivity contribution >= 4 is 45.8 Å². The highest BCUT2D eigenvalue weighted by Crippen LogP contribution is 2.29. The topological polar surface area (TPSA) is 94.7 Å². The van der Waals surface area contributed by atoms with Gasteiger partial charge in [-0.05, 0) is 50.1 Å². The van der Waals surface area contributed by atoms with Gasteiger partial charge in [0.2, 0.25) is 0 Å². The summed E-state index contributed by atoms with van der Waals surface area (Å²) in [5, 5.41) is 9.49. The van der Waals surface area contributed by atoms with Crippen LogP contribution in [-0.2, 0) is 11.3 Å². The lowest BCUT2D eigenvalue weighted by Crippen LogP contribution is -2.54. The van der Waals surface area contributed by atoms with E-state index in [1.165, 1.54) is 11.3 Å². The average Bonchev–Trinajstić information content (AvgIpc) is 3.62. The molecule has 0 radical (unpaired) electrons. The van der Waals surface area contributed by atoms with Crippen LogP contribution in [-0.4, -0.2) is 87.2 Å². The van der Waals surface area contributed by atoms with E-state index in [9.17, 15) is 9.59 Å². The van der Waals surface area contributed by atoms with E-state index in [1.54, 1.807) is 11.1 Å². The Hall–Kier alpha value is -3.47. The van der Waals surface area contributed by atoms with E-state index in [2.05, 4.69) is 20.1 Å². The van der Waals surface area contributed by atoms with Crippen LogP contribution in [0.3, 0.4) is 0 Å². The Morgan fingerprint density at radius 1 is 1.02 bits per heavy atom. The number of nitrogens with one attached hydrogen (secondary N) is 1. The molecular weight excluding hydrogens is 548 g/mol. The Labute approximate surface area is 241 Å². The first-order valence-electron chi connectivity index (χ1n) is 13.5. The van der Waals surface area contributed by atoms with Crippen LogP contribution in [0.4, 0.5) is 4.79 Å². The summed E-state index contributed by atoms with van der Waals surface area (Å²) in [6.07, 6.45) is 3.33. The number of hydrogen-bond acceptors (Lipinski definition) is 7. The molecule has 208 valence electrons. The van der Waals surface area contributed by atoms with Crippen LogP contribution in [0.15, 0.2) is 48.7 Å².